The fourth-order valence-corrected chi connectivity index (χ4v) is 6.50. The maximum absolute atomic E-state index is 13.1. The molecule has 4 nitrogen and oxygen atoms in total. The first-order valence-corrected chi connectivity index (χ1v) is 10.7. The average molecular weight is 384 g/mol. The Kier molecular flexibility index (Phi) is 3.94. The molecule has 0 saturated carbocycles. The molecule has 1 aliphatic rings. The fourth-order valence-electron chi connectivity index (χ4n) is 2.89. The van der Waals surface area contributed by atoms with Crippen molar-refractivity contribution in [1.29, 1.82) is 0 Å². The van der Waals surface area contributed by atoms with E-state index < -0.39 is 19.8 Å². The van der Waals surface area contributed by atoms with Crippen molar-refractivity contribution in [2.45, 2.75) is 38.0 Å². The van der Waals surface area contributed by atoms with Crippen LogP contribution in [0.3, 0.4) is 0 Å². The van der Waals surface area contributed by atoms with Crippen molar-refractivity contribution >= 4 is 44.2 Å². The van der Waals surface area contributed by atoms with Crippen molar-refractivity contribution in [1.82, 2.24) is 4.98 Å². The van der Waals surface area contributed by atoms with Crippen molar-refractivity contribution in [3.05, 3.63) is 33.8 Å². The number of nitrogens with zero attached hydrogens (tertiary/aromatic N) is 1. The molecule has 0 spiro atoms. The summed E-state index contributed by atoms with van der Waals surface area (Å²) in [6.45, 7) is 7.61. The van der Waals surface area contributed by atoms with Gasteiger partial charge >= 0.3 is 0 Å². The summed E-state index contributed by atoms with van der Waals surface area (Å²) < 4.78 is 12.4. The lowest BCUT2D eigenvalue weighted by Gasteiger charge is -2.40. The molecular formula is C17H22ClN3OS2. The molecular weight excluding hydrogens is 362 g/mol. The molecule has 24 heavy (non-hydrogen) atoms. The molecule has 3 heterocycles. The van der Waals surface area contributed by atoms with E-state index in [2.05, 4.69) is 10.9 Å². The molecule has 0 aliphatic carbocycles. The quantitative estimate of drug-likeness (QED) is 0.774. The monoisotopic (exact) mass is 383 g/mol. The number of nitrogens with two attached hydrogens (primary N) is 1. The Bertz CT molecular complexity index is 937. The molecule has 1 unspecified atom stereocenters. The van der Waals surface area contributed by atoms with Crippen LogP contribution >= 0.6 is 22.9 Å². The van der Waals surface area contributed by atoms with Crippen LogP contribution in [-0.4, -0.2) is 31.4 Å². The predicted octanol–water partition coefficient (Wildman–Crippen LogP) is 3.79. The van der Waals surface area contributed by atoms with Crippen LogP contribution in [-0.2, 0) is 15.1 Å². The van der Waals surface area contributed by atoms with E-state index in [9.17, 15) is 4.21 Å². The minimum absolute atomic E-state index is 0.330. The van der Waals surface area contributed by atoms with Crippen LogP contribution in [0.4, 0.5) is 0 Å². The highest BCUT2D eigenvalue weighted by molar-refractivity contribution is 8.02. The first-order valence-electron chi connectivity index (χ1n) is 7.62. The molecule has 0 amide bonds. The third-order valence-electron chi connectivity index (χ3n) is 4.70. The minimum atomic E-state index is -2.45. The Balaban J connectivity index is 2.12. The van der Waals surface area contributed by atoms with Crippen LogP contribution in [0, 0.1) is 6.92 Å². The molecule has 0 radical (unpaired) electrons. The summed E-state index contributed by atoms with van der Waals surface area (Å²) in [5.41, 5.74) is 7.54. The maximum atomic E-state index is 13.1. The third-order valence-corrected chi connectivity index (χ3v) is 9.63. The Hall–Kier alpha value is -1.24. The van der Waals surface area contributed by atoms with Crippen molar-refractivity contribution < 1.29 is 4.21 Å². The number of aromatic amines is 1. The van der Waals surface area contributed by atoms with Gasteiger partial charge in [0.2, 0.25) is 0 Å². The molecule has 2 atom stereocenters. The second-order valence-corrected chi connectivity index (χ2v) is 11.5. The van der Waals surface area contributed by atoms with E-state index in [-0.39, 0.29) is 0 Å². The maximum Gasteiger partial charge on any atom is 0.113 e. The first kappa shape index (κ1) is 17.6. The molecule has 130 valence electrons. The fraction of sp³-hybridized carbons (Fsp3) is 0.412. The van der Waals surface area contributed by atoms with Crippen LogP contribution in [0.25, 0.3) is 10.6 Å². The zero-order valence-corrected chi connectivity index (χ0v) is 16.7. The molecule has 3 rings (SSSR count). The number of hydrogen-bond acceptors (Lipinski definition) is 4. The zero-order chi connectivity index (χ0) is 17.9. The van der Waals surface area contributed by atoms with E-state index in [1.165, 1.54) is 0 Å². The van der Waals surface area contributed by atoms with Gasteiger partial charge in [-0.3, -0.25) is 9.20 Å². The largest absolute Gasteiger partial charge is 0.386 e. The van der Waals surface area contributed by atoms with Crippen LogP contribution in [0.5, 0.6) is 0 Å². The number of thiophene rings is 1. The summed E-state index contributed by atoms with van der Waals surface area (Å²) in [5.74, 6) is 4.68. The topological polar surface area (TPSA) is 71.2 Å². The van der Waals surface area contributed by atoms with Gasteiger partial charge in [0.05, 0.1) is 25.2 Å². The molecule has 1 aliphatic heterocycles. The van der Waals surface area contributed by atoms with Crippen LogP contribution in [0.1, 0.15) is 31.3 Å². The summed E-state index contributed by atoms with van der Waals surface area (Å²) in [6, 6.07) is 5.97. The molecule has 0 aromatic carbocycles. The molecule has 2 aromatic rings. The van der Waals surface area contributed by atoms with Gasteiger partial charge in [0.1, 0.15) is 11.4 Å². The van der Waals surface area contributed by atoms with Crippen LogP contribution in [0.2, 0.25) is 5.02 Å². The van der Waals surface area contributed by atoms with Gasteiger partial charge in [-0.15, -0.1) is 11.3 Å². The summed E-state index contributed by atoms with van der Waals surface area (Å²) in [4.78, 5) is 9.91. The number of rotatable bonds is 2. The summed E-state index contributed by atoms with van der Waals surface area (Å²) in [6.07, 6.45) is 0. The molecule has 0 bridgehead atoms. The van der Waals surface area contributed by atoms with Gasteiger partial charge in [-0.1, -0.05) is 11.6 Å². The molecule has 0 saturated heterocycles. The highest BCUT2D eigenvalue weighted by atomic mass is 35.5. The molecule has 7 heteroatoms. The summed E-state index contributed by atoms with van der Waals surface area (Å²) >= 11 is 8.06. The summed E-state index contributed by atoms with van der Waals surface area (Å²) in [5, 5.41) is 0.621. The highest BCUT2D eigenvalue weighted by Crippen LogP contribution is 2.45. The van der Waals surface area contributed by atoms with E-state index in [0.717, 1.165) is 21.1 Å². The van der Waals surface area contributed by atoms with Crippen molar-refractivity contribution in [3.8, 4) is 10.6 Å². The van der Waals surface area contributed by atoms with Gasteiger partial charge in [-0.25, -0.2) is 0 Å². The number of aryl methyl sites for hydroxylation is 1. The molecule has 2 aromatic heterocycles. The van der Waals surface area contributed by atoms with Gasteiger partial charge in [0.25, 0.3) is 0 Å². The van der Waals surface area contributed by atoms with Crippen molar-refractivity contribution in [2.24, 2.45) is 10.7 Å². The number of H-pyrrole nitrogens is 1. The van der Waals surface area contributed by atoms with Crippen LogP contribution in [0.15, 0.2) is 23.2 Å². The number of halogens is 1. The third kappa shape index (κ3) is 2.61. The van der Waals surface area contributed by atoms with E-state index in [0.29, 0.717) is 16.6 Å². The van der Waals surface area contributed by atoms with Gasteiger partial charge in [-0.2, -0.15) is 0 Å². The van der Waals surface area contributed by atoms with Gasteiger partial charge in [-0.05, 0) is 61.3 Å². The number of aliphatic imine (C=N–C) groups is 1. The Morgan fingerprint density at radius 3 is 2.62 bits per heavy atom. The summed E-state index contributed by atoms with van der Waals surface area (Å²) in [7, 11) is -2.45. The standard InChI is InChI=1S/C17H22ClN3OS2/c1-10-6-7-12(20-10)13-8-11(18)14(23-13)17(4)9-24(5,22)16(2,3)15(19)21-17/h6-8,20H,5,9H2,1-4H3,(H2,19,21)/t17-,24?/m0/s1. The second-order valence-electron chi connectivity index (χ2n) is 7.08. The number of aromatic nitrogens is 1. The first-order chi connectivity index (χ1) is 11.0. The van der Waals surface area contributed by atoms with Gasteiger partial charge in [0, 0.05) is 11.4 Å². The lowest BCUT2D eigenvalue weighted by molar-refractivity contribution is 0.543. The average Bonchev–Trinajstić information content (AvgIpc) is 3.02. The number of nitrogens with one attached hydrogen (secondary N) is 1. The number of amidine groups is 1. The van der Waals surface area contributed by atoms with Crippen molar-refractivity contribution in [3.63, 3.8) is 0 Å². The van der Waals surface area contributed by atoms with E-state index in [1.807, 2.05) is 45.9 Å². The predicted molar refractivity (Wildman–Crippen MR) is 107 cm³/mol. The van der Waals surface area contributed by atoms with Gasteiger partial charge < -0.3 is 10.7 Å². The van der Waals surface area contributed by atoms with Crippen molar-refractivity contribution in [2.75, 3.05) is 5.75 Å². The Labute approximate surface area is 152 Å². The Morgan fingerprint density at radius 2 is 2.08 bits per heavy atom. The van der Waals surface area contributed by atoms with Gasteiger partial charge in [0.15, 0.2) is 0 Å². The Morgan fingerprint density at radius 1 is 1.42 bits per heavy atom. The zero-order valence-electron chi connectivity index (χ0n) is 14.3. The normalized spacial score (nSPS) is 29.5. The minimum Gasteiger partial charge on any atom is -0.386 e. The SMILES string of the molecule is C=S1(=O)C[C@@](C)(c2sc(-c3ccc(C)[nH]3)cc2Cl)N=C(N)C1(C)C. The highest BCUT2D eigenvalue weighted by Gasteiger charge is 2.46. The lowest BCUT2D eigenvalue weighted by atomic mass is 10.0. The van der Waals surface area contributed by atoms with E-state index in [4.69, 9.17) is 22.3 Å². The second kappa shape index (κ2) is 5.38. The van der Waals surface area contributed by atoms with Crippen LogP contribution < -0.4 is 5.73 Å². The van der Waals surface area contributed by atoms with E-state index in [1.54, 1.807) is 11.3 Å². The molecule has 0 fully saturated rings. The number of hydrogen-bond donors (Lipinski definition) is 2. The van der Waals surface area contributed by atoms with E-state index >= 15 is 0 Å². The molecule has 3 N–H and O–H groups in total. The lowest BCUT2D eigenvalue weighted by Crippen LogP contribution is -2.54. The smallest absolute Gasteiger partial charge is 0.113 e.